The second kappa shape index (κ2) is 6.18. The number of hydrogen-bond donors (Lipinski definition) is 2. The molecule has 1 amide bonds. The lowest BCUT2D eigenvalue weighted by atomic mass is 10.1. The van der Waals surface area contributed by atoms with Crippen LogP contribution in [0.15, 0.2) is 42.6 Å². The third-order valence-corrected chi connectivity index (χ3v) is 4.10. The van der Waals surface area contributed by atoms with Crippen LogP contribution in [-0.2, 0) is 0 Å². The second-order valence-corrected chi connectivity index (χ2v) is 6.47. The monoisotopic (exact) mass is 331 g/mol. The normalized spacial score (nSPS) is 20.6. The van der Waals surface area contributed by atoms with Crippen LogP contribution in [0.1, 0.15) is 23.7 Å². The molecule has 1 aromatic carbocycles. The molecule has 1 aliphatic heterocycles. The van der Waals surface area contributed by atoms with Crippen molar-refractivity contribution in [1.29, 1.82) is 0 Å². The minimum absolute atomic E-state index is 0.236. The highest BCUT2D eigenvalue weighted by atomic mass is 35.5. The maximum absolute atomic E-state index is 12.2. The highest BCUT2D eigenvalue weighted by molar-refractivity contribution is 6.30. The number of nitrogens with one attached hydrogen (secondary N) is 1. The lowest BCUT2D eigenvalue weighted by Crippen LogP contribution is -2.30. The Labute approximate surface area is 139 Å². The van der Waals surface area contributed by atoms with Crippen LogP contribution in [0.4, 0.5) is 11.5 Å². The first-order valence-electron chi connectivity index (χ1n) is 7.43. The van der Waals surface area contributed by atoms with E-state index in [1.807, 2.05) is 11.8 Å². The third kappa shape index (κ3) is 3.81. The molecule has 1 unspecified atom stereocenters. The molecule has 2 N–H and O–H groups in total. The molecule has 120 valence electrons. The summed E-state index contributed by atoms with van der Waals surface area (Å²) in [5.74, 6) is 0.529. The van der Waals surface area contributed by atoms with Gasteiger partial charge in [-0.1, -0.05) is 17.7 Å². The summed E-state index contributed by atoms with van der Waals surface area (Å²) in [5, 5.41) is 13.4. The number of carbonyl (C=O) groups is 1. The van der Waals surface area contributed by atoms with Crippen molar-refractivity contribution in [3.63, 3.8) is 0 Å². The fourth-order valence-electron chi connectivity index (χ4n) is 2.62. The quantitative estimate of drug-likeness (QED) is 0.907. The topological polar surface area (TPSA) is 65.5 Å². The first kappa shape index (κ1) is 15.8. The number of anilines is 2. The molecule has 1 atom stereocenters. The number of aromatic nitrogens is 1. The van der Waals surface area contributed by atoms with Crippen LogP contribution < -0.4 is 10.2 Å². The van der Waals surface area contributed by atoms with E-state index in [0.29, 0.717) is 29.2 Å². The van der Waals surface area contributed by atoms with Gasteiger partial charge < -0.3 is 15.3 Å². The van der Waals surface area contributed by atoms with Crippen molar-refractivity contribution < 1.29 is 9.90 Å². The summed E-state index contributed by atoms with van der Waals surface area (Å²) in [6.07, 6.45) is 2.26. The molecule has 6 heteroatoms. The minimum Gasteiger partial charge on any atom is -0.388 e. The summed E-state index contributed by atoms with van der Waals surface area (Å²) >= 11 is 5.90. The molecule has 2 heterocycles. The van der Waals surface area contributed by atoms with Crippen LogP contribution in [0.3, 0.4) is 0 Å². The van der Waals surface area contributed by atoms with Gasteiger partial charge >= 0.3 is 0 Å². The molecule has 1 aliphatic rings. The van der Waals surface area contributed by atoms with Gasteiger partial charge in [0.2, 0.25) is 0 Å². The molecule has 2 aromatic rings. The predicted molar refractivity (Wildman–Crippen MR) is 91.1 cm³/mol. The van der Waals surface area contributed by atoms with Crippen molar-refractivity contribution in [2.24, 2.45) is 0 Å². The molecular formula is C17H18ClN3O2. The Hall–Kier alpha value is -2.11. The van der Waals surface area contributed by atoms with E-state index in [2.05, 4.69) is 10.3 Å². The van der Waals surface area contributed by atoms with Gasteiger partial charge in [0.25, 0.3) is 5.91 Å². The van der Waals surface area contributed by atoms with Gasteiger partial charge in [-0.05, 0) is 43.7 Å². The molecule has 0 spiro atoms. The minimum atomic E-state index is -0.676. The van der Waals surface area contributed by atoms with Crippen molar-refractivity contribution in [2.75, 3.05) is 23.3 Å². The first-order valence-corrected chi connectivity index (χ1v) is 7.81. The molecule has 1 fully saturated rings. The fourth-order valence-corrected chi connectivity index (χ4v) is 2.81. The summed E-state index contributed by atoms with van der Waals surface area (Å²) in [6, 6.07) is 10.5. The average molecular weight is 332 g/mol. The van der Waals surface area contributed by atoms with Crippen LogP contribution in [0.25, 0.3) is 0 Å². The highest BCUT2D eigenvalue weighted by Crippen LogP contribution is 2.25. The number of nitrogens with zero attached hydrogens (tertiary/aromatic N) is 2. The van der Waals surface area contributed by atoms with Crippen LogP contribution in [0.2, 0.25) is 5.02 Å². The van der Waals surface area contributed by atoms with E-state index in [0.717, 1.165) is 12.4 Å². The van der Waals surface area contributed by atoms with E-state index in [4.69, 9.17) is 11.6 Å². The van der Waals surface area contributed by atoms with E-state index in [9.17, 15) is 9.90 Å². The van der Waals surface area contributed by atoms with Gasteiger partial charge in [0.15, 0.2) is 0 Å². The Morgan fingerprint density at radius 1 is 1.39 bits per heavy atom. The number of halogens is 1. The summed E-state index contributed by atoms with van der Waals surface area (Å²) < 4.78 is 0. The van der Waals surface area contributed by atoms with Crippen LogP contribution in [-0.4, -0.2) is 34.7 Å². The molecule has 5 nitrogen and oxygen atoms in total. The van der Waals surface area contributed by atoms with Gasteiger partial charge in [-0.15, -0.1) is 0 Å². The molecular weight excluding hydrogens is 314 g/mol. The smallest absolute Gasteiger partial charge is 0.257 e. The lowest BCUT2D eigenvalue weighted by molar-refractivity contribution is 0.0838. The van der Waals surface area contributed by atoms with E-state index < -0.39 is 5.60 Å². The van der Waals surface area contributed by atoms with E-state index in [1.165, 1.54) is 0 Å². The zero-order valence-electron chi connectivity index (χ0n) is 12.8. The SMILES string of the molecule is CC1(O)CCN(c2ccc(C(=O)Nc3cccc(Cl)c3)cn2)C1. The lowest BCUT2D eigenvalue weighted by Gasteiger charge is -2.19. The second-order valence-electron chi connectivity index (χ2n) is 6.04. The summed E-state index contributed by atoms with van der Waals surface area (Å²) in [6.45, 7) is 3.13. The third-order valence-electron chi connectivity index (χ3n) is 3.87. The molecule has 1 saturated heterocycles. The zero-order chi connectivity index (χ0) is 16.4. The Morgan fingerprint density at radius 3 is 2.83 bits per heavy atom. The van der Waals surface area contributed by atoms with Gasteiger partial charge in [0.1, 0.15) is 5.82 Å². The predicted octanol–water partition coefficient (Wildman–Crippen LogP) is 2.95. The summed E-state index contributed by atoms with van der Waals surface area (Å²) in [5.41, 5.74) is 0.437. The van der Waals surface area contributed by atoms with Gasteiger partial charge in [-0.25, -0.2) is 4.98 Å². The Bertz CT molecular complexity index is 716. The number of carbonyl (C=O) groups excluding carboxylic acids is 1. The number of pyridine rings is 1. The Balaban J connectivity index is 1.68. The highest BCUT2D eigenvalue weighted by Gasteiger charge is 2.31. The van der Waals surface area contributed by atoms with Crippen LogP contribution >= 0.6 is 11.6 Å². The molecule has 0 radical (unpaired) electrons. The van der Waals surface area contributed by atoms with E-state index in [1.54, 1.807) is 42.6 Å². The van der Waals surface area contributed by atoms with Crippen molar-refractivity contribution in [3.05, 3.63) is 53.2 Å². The van der Waals surface area contributed by atoms with Crippen LogP contribution in [0, 0.1) is 0 Å². The average Bonchev–Trinajstić information content (AvgIpc) is 2.87. The summed E-state index contributed by atoms with van der Waals surface area (Å²) in [7, 11) is 0. The zero-order valence-corrected chi connectivity index (χ0v) is 13.5. The Morgan fingerprint density at radius 2 is 2.22 bits per heavy atom. The van der Waals surface area contributed by atoms with Gasteiger partial charge in [0, 0.05) is 30.0 Å². The molecule has 0 bridgehead atoms. The van der Waals surface area contributed by atoms with Gasteiger partial charge in [0.05, 0.1) is 11.2 Å². The standard InChI is InChI=1S/C17H18ClN3O2/c1-17(23)7-8-21(11-17)15-6-5-12(10-19-15)16(22)20-14-4-2-3-13(18)9-14/h2-6,9-10,23H,7-8,11H2,1H3,(H,20,22). The van der Waals surface area contributed by atoms with E-state index in [-0.39, 0.29) is 5.91 Å². The van der Waals surface area contributed by atoms with E-state index >= 15 is 0 Å². The number of benzene rings is 1. The largest absolute Gasteiger partial charge is 0.388 e. The molecule has 0 aliphatic carbocycles. The number of β-amino-alcohol motifs (C(OH)–C–C–N with tert-alkyl or cyclic N) is 1. The molecule has 1 aromatic heterocycles. The van der Waals surface area contributed by atoms with Gasteiger partial charge in [-0.2, -0.15) is 0 Å². The maximum Gasteiger partial charge on any atom is 0.257 e. The number of aliphatic hydroxyl groups is 1. The van der Waals surface area contributed by atoms with Gasteiger partial charge in [-0.3, -0.25) is 4.79 Å². The van der Waals surface area contributed by atoms with Crippen molar-refractivity contribution in [2.45, 2.75) is 18.9 Å². The van der Waals surface area contributed by atoms with Crippen molar-refractivity contribution >= 4 is 29.0 Å². The fraction of sp³-hybridized carbons (Fsp3) is 0.294. The molecule has 3 rings (SSSR count). The molecule has 23 heavy (non-hydrogen) atoms. The first-order chi connectivity index (χ1) is 10.9. The maximum atomic E-state index is 12.2. The summed E-state index contributed by atoms with van der Waals surface area (Å²) in [4.78, 5) is 18.6. The molecule has 0 saturated carbocycles. The van der Waals surface area contributed by atoms with Crippen LogP contribution in [0.5, 0.6) is 0 Å². The Kier molecular flexibility index (Phi) is 4.24. The number of hydrogen-bond acceptors (Lipinski definition) is 4. The van der Waals surface area contributed by atoms with Crippen molar-refractivity contribution in [1.82, 2.24) is 4.98 Å². The number of amides is 1. The number of rotatable bonds is 3. The van der Waals surface area contributed by atoms with Crippen molar-refractivity contribution in [3.8, 4) is 0 Å².